The van der Waals surface area contributed by atoms with Gasteiger partial charge in [-0.05, 0) is 31.9 Å². The van der Waals surface area contributed by atoms with E-state index in [0.29, 0.717) is 5.92 Å². The Labute approximate surface area is 145 Å². The molecule has 0 aliphatic carbocycles. The smallest absolute Gasteiger partial charge is 0.191 e. The van der Waals surface area contributed by atoms with E-state index in [1.54, 1.807) is 0 Å². The SMILES string of the molecule is CCNC(=NCC(C)c1cccc(C)c1)NCCn1cc(C)cn1. The van der Waals surface area contributed by atoms with E-state index in [0.717, 1.165) is 32.1 Å². The van der Waals surface area contributed by atoms with Crippen LogP contribution in [0.4, 0.5) is 0 Å². The summed E-state index contributed by atoms with van der Waals surface area (Å²) in [6, 6.07) is 8.65. The molecule has 1 aromatic carbocycles. The molecule has 0 radical (unpaired) electrons. The number of aryl methyl sites for hydroxylation is 2. The van der Waals surface area contributed by atoms with Crippen molar-refractivity contribution in [3.63, 3.8) is 0 Å². The summed E-state index contributed by atoms with van der Waals surface area (Å²) >= 11 is 0. The van der Waals surface area contributed by atoms with Crippen LogP contribution in [0.1, 0.15) is 36.5 Å². The molecule has 0 saturated heterocycles. The third-order valence-electron chi connectivity index (χ3n) is 3.87. The molecule has 0 fully saturated rings. The lowest BCUT2D eigenvalue weighted by molar-refractivity contribution is 0.597. The fraction of sp³-hybridized carbons (Fsp3) is 0.474. The molecule has 1 aromatic heterocycles. The molecule has 0 bridgehead atoms. The minimum atomic E-state index is 0.397. The van der Waals surface area contributed by atoms with Gasteiger partial charge in [0.15, 0.2) is 5.96 Å². The van der Waals surface area contributed by atoms with Crippen LogP contribution in [-0.2, 0) is 6.54 Å². The summed E-state index contributed by atoms with van der Waals surface area (Å²) in [6.45, 7) is 11.7. The van der Waals surface area contributed by atoms with Crippen molar-refractivity contribution in [1.29, 1.82) is 0 Å². The van der Waals surface area contributed by atoms with Crippen molar-refractivity contribution in [3.8, 4) is 0 Å². The molecular formula is C19H29N5. The number of rotatable bonds is 7. The van der Waals surface area contributed by atoms with Crippen LogP contribution < -0.4 is 10.6 Å². The van der Waals surface area contributed by atoms with Crippen molar-refractivity contribution in [2.45, 2.75) is 40.2 Å². The highest BCUT2D eigenvalue weighted by atomic mass is 15.3. The summed E-state index contributed by atoms with van der Waals surface area (Å²) < 4.78 is 1.95. The number of guanidine groups is 1. The molecule has 2 aromatic rings. The van der Waals surface area contributed by atoms with Crippen LogP contribution in [0.3, 0.4) is 0 Å². The summed E-state index contributed by atoms with van der Waals surface area (Å²) in [4.78, 5) is 4.72. The summed E-state index contributed by atoms with van der Waals surface area (Å²) in [5, 5.41) is 11.0. The van der Waals surface area contributed by atoms with Crippen LogP contribution >= 0.6 is 0 Å². The predicted molar refractivity (Wildman–Crippen MR) is 101 cm³/mol. The Balaban J connectivity index is 1.87. The highest BCUT2D eigenvalue weighted by Gasteiger charge is 2.06. The molecule has 5 heteroatoms. The third kappa shape index (κ3) is 5.72. The molecule has 1 heterocycles. The molecular weight excluding hydrogens is 298 g/mol. The second-order valence-corrected chi connectivity index (χ2v) is 6.24. The highest BCUT2D eigenvalue weighted by Crippen LogP contribution is 2.16. The number of nitrogens with one attached hydrogen (secondary N) is 2. The van der Waals surface area contributed by atoms with E-state index < -0.39 is 0 Å². The number of hydrogen-bond donors (Lipinski definition) is 2. The Kier molecular flexibility index (Phi) is 6.85. The van der Waals surface area contributed by atoms with Crippen molar-refractivity contribution in [2.75, 3.05) is 19.6 Å². The molecule has 2 N–H and O–H groups in total. The van der Waals surface area contributed by atoms with Crippen LogP contribution in [0.2, 0.25) is 0 Å². The maximum atomic E-state index is 4.72. The van der Waals surface area contributed by atoms with Crippen LogP contribution in [0.25, 0.3) is 0 Å². The summed E-state index contributed by atoms with van der Waals surface area (Å²) in [5.41, 5.74) is 3.81. The van der Waals surface area contributed by atoms with Gasteiger partial charge in [0.25, 0.3) is 0 Å². The lowest BCUT2D eigenvalue weighted by Gasteiger charge is -2.14. The quantitative estimate of drug-likeness (QED) is 0.607. The first-order chi connectivity index (χ1) is 11.6. The molecule has 130 valence electrons. The summed E-state index contributed by atoms with van der Waals surface area (Å²) in [6.07, 6.45) is 3.92. The minimum Gasteiger partial charge on any atom is -0.357 e. The number of nitrogens with zero attached hydrogens (tertiary/aromatic N) is 3. The van der Waals surface area contributed by atoms with Crippen molar-refractivity contribution in [3.05, 3.63) is 53.3 Å². The highest BCUT2D eigenvalue weighted by molar-refractivity contribution is 5.79. The lowest BCUT2D eigenvalue weighted by atomic mass is 10.00. The average Bonchev–Trinajstić information content (AvgIpc) is 2.97. The molecule has 0 aliphatic rings. The monoisotopic (exact) mass is 327 g/mol. The van der Waals surface area contributed by atoms with Gasteiger partial charge in [-0.15, -0.1) is 0 Å². The van der Waals surface area contributed by atoms with Gasteiger partial charge >= 0.3 is 0 Å². The van der Waals surface area contributed by atoms with Gasteiger partial charge in [0.05, 0.1) is 12.7 Å². The number of aromatic nitrogens is 2. The third-order valence-corrected chi connectivity index (χ3v) is 3.87. The first-order valence-electron chi connectivity index (χ1n) is 8.66. The number of hydrogen-bond acceptors (Lipinski definition) is 2. The lowest BCUT2D eigenvalue weighted by Crippen LogP contribution is -2.39. The normalized spacial score (nSPS) is 12.9. The van der Waals surface area contributed by atoms with Gasteiger partial charge in [0.1, 0.15) is 0 Å². The van der Waals surface area contributed by atoms with E-state index >= 15 is 0 Å². The zero-order valence-electron chi connectivity index (χ0n) is 15.2. The second kappa shape index (κ2) is 9.11. The topological polar surface area (TPSA) is 54.2 Å². The van der Waals surface area contributed by atoms with E-state index in [9.17, 15) is 0 Å². The van der Waals surface area contributed by atoms with Gasteiger partial charge in [-0.2, -0.15) is 5.10 Å². The summed E-state index contributed by atoms with van der Waals surface area (Å²) in [7, 11) is 0. The van der Waals surface area contributed by atoms with Crippen molar-refractivity contribution in [1.82, 2.24) is 20.4 Å². The Morgan fingerprint density at radius 1 is 1.25 bits per heavy atom. The van der Waals surface area contributed by atoms with E-state index in [4.69, 9.17) is 4.99 Å². The molecule has 5 nitrogen and oxygen atoms in total. The predicted octanol–water partition coefficient (Wildman–Crippen LogP) is 2.86. The molecule has 1 atom stereocenters. The molecule has 0 amide bonds. The van der Waals surface area contributed by atoms with E-state index in [1.807, 2.05) is 17.1 Å². The number of aliphatic imine (C=N–C) groups is 1. The Bertz CT molecular complexity index is 659. The first-order valence-corrected chi connectivity index (χ1v) is 8.66. The Hall–Kier alpha value is -2.30. The van der Waals surface area contributed by atoms with Gasteiger partial charge in [-0.25, -0.2) is 0 Å². The largest absolute Gasteiger partial charge is 0.357 e. The molecule has 0 saturated carbocycles. The maximum absolute atomic E-state index is 4.72. The molecule has 1 unspecified atom stereocenters. The molecule has 0 aliphatic heterocycles. The zero-order valence-corrected chi connectivity index (χ0v) is 15.2. The van der Waals surface area contributed by atoms with Crippen LogP contribution in [0, 0.1) is 13.8 Å². The second-order valence-electron chi connectivity index (χ2n) is 6.24. The maximum Gasteiger partial charge on any atom is 0.191 e. The van der Waals surface area contributed by atoms with Gasteiger partial charge in [-0.3, -0.25) is 9.67 Å². The van der Waals surface area contributed by atoms with Gasteiger partial charge in [0, 0.05) is 31.7 Å². The fourth-order valence-electron chi connectivity index (χ4n) is 2.53. The van der Waals surface area contributed by atoms with Gasteiger partial charge in [-0.1, -0.05) is 36.8 Å². The van der Waals surface area contributed by atoms with Crippen molar-refractivity contribution >= 4 is 5.96 Å². The zero-order chi connectivity index (χ0) is 17.4. The standard InChI is InChI=1S/C19H29N5/c1-5-20-19(21-9-10-24-14-16(3)12-23-24)22-13-17(4)18-8-6-7-15(2)11-18/h6-8,11-12,14,17H,5,9-10,13H2,1-4H3,(H2,20,21,22). The van der Waals surface area contributed by atoms with E-state index in [-0.39, 0.29) is 0 Å². The molecule has 0 spiro atoms. The molecule has 24 heavy (non-hydrogen) atoms. The summed E-state index contributed by atoms with van der Waals surface area (Å²) in [5.74, 6) is 1.26. The van der Waals surface area contributed by atoms with Crippen LogP contribution in [-0.4, -0.2) is 35.4 Å². The van der Waals surface area contributed by atoms with Crippen molar-refractivity contribution < 1.29 is 0 Å². The Morgan fingerprint density at radius 2 is 2.08 bits per heavy atom. The van der Waals surface area contributed by atoms with Crippen molar-refractivity contribution in [2.24, 2.45) is 4.99 Å². The van der Waals surface area contributed by atoms with Gasteiger partial charge < -0.3 is 10.6 Å². The van der Waals surface area contributed by atoms with Crippen LogP contribution in [0.15, 0.2) is 41.7 Å². The average molecular weight is 327 g/mol. The van der Waals surface area contributed by atoms with Gasteiger partial charge in [0.2, 0.25) is 0 Å². The first kappa shape index (κ1) is 18.0. The molecule has 2 rings (SSSR count). The minimum absolute atomic E-state index is 0.397. The Morgan fingerprint density at radius 3 is 2.75 bits per heavy atom. The van der Waals surface area contributed by atoms with E-state index in [2.05, 4.69) is 67.7 Å². The fourth-order valence-corrected chi connectivity index (χ4v) is 2.53. The van der Waals surface area contributed by atoms with Crippen LogP contribution in [0.5, 0.6) is 0 Å². The number of benzene rings is 1. The van der Waals surface area contributed by atoms with E-state index in [1.165, 1.54) is 16.7 Å².